The van der Waals surface area contributed by atoms with Crippen LogP contribution in [0.4, 0.5) is 4.39 Å². The predicted molar refractivity (Wildman–Crippen MR) is 72.5 cm³/mol. The van der Waals surface area contributed by atoms with E-state index in [1.54, 1.807) is 18.4 Å². The van der Waals surface area contributed by atoms with E-state index in [9.17, 15) is 9.18 Å². The molecule has 0 bridgehead atoms. The van der Waals surface area contributed by atoms with Crippen molar-refractivity contribution in [3.8, 4) is 0 Å². The first-order chi connectivity index (χ1) is 9.20. The van der Waals surface area contributed by atoms with Crippen LogP contribution in [-0.2, 0) is 4.79 Å². The standard InChI is InChI=1S/C13H15FN4O/c1-2-12(19)17-10-5-3-4-9(14)13(10)18-11-6-7-15-8-16-11/h2-3,5,7-9,11,18H,1,4,6H2,(H,17,19)/t9-,11?/m0/s1. The number of rotatable bonds is 4. The number of allylic oxidation sites excluding steroid dienone is 3. The summed E-state index contributed by atoms with van der Waals surface area (Å²) in [4.78, 5) is 19.3. The van der Waals surface area contributed by atoms with E-state index in [1.807, 2.05) is 0 Å². The number of amides is 1. The van der Waals surface area contributed by atoms with Crippen LogP contribution in [0.1, 0.15) is 12.8 Å². The number of carbonyl (C=O) groups excluding carboxylic acids is 1. The molecule has 2 atom stereocenters. The molecule has 1 amide bonds. The smallest absolute Gasteiger partial charge is 0.247 e. The Kier molecular flexibility index (Phi) is 4.22. The molecule has 2 N–H and O–H groups in total. The highest BCUT2D eigenvalue weighted by atomic mass is 19.1. The van der Waals surface area contributed by atoms with Gasteiger partial charge in [-0.25, -0.2) is 14.4 Å². The highest BCUT2D eigenvalue weighted by molar-refractivity contribution is 5.88. The first-order valence-corrected chi connectivity index (χ1v) is 5.98. The average molecular weight is 262 g/mol. The molecule has 6 heteroatoms. The van der Waals surface area contributed by atoms with Gasteiger partial charge in [-0.3, -0.25) is 4.79 Å². The Balaban J connectivity index is 2.16. The third-order valence-corrected chi connectivity index (χ3v) is 2.74. The summed E-state index contributed by atoms with van der Waals surface area (Å²) < 4.78 is 14.0. The lowest BCUT2D eigenvalue weighted by Gasteiger charge is -2.24. The van der Waals surface area contributed by atoms with Crippen LogP contribution in [-0.4, -0.2) is 30.8 Å². The molecule has 1 unspecified atom stereocenters. The number of hydrogen-bond donors (Lipinski definition) is 2. The van der Waals surface area contributed by atoms with Gasteiger partial charge < -0.3 is 10.6 Å². The van der Waals surface area contributed by atoms with Crippen molar-refractivity contribution in [2.24, 2.45) is 9.98 Å². The molecule has 1 heterocycles. The van der Waals surface area contributed by atoms with Gasteiger partial charge in [-0.05, 0) is 12.2 Å². The lowest BCUT2D eigenvalue weighted by molar-refractivity contribution is -0.115. The zero-order valence-electron chi connectivity index (χ0n) is 10.3. The van der Waals surface area contributed by atoms with Crippen molar-refractivity contribution in [1.82, 2.24) is 10.6 Å². The van der Waals surface area contributed by atoms with E-state index in [4.69, 9.17) is 0 Å². The molecule has 0 saturated carbocycles. The fraction of sp³-hybridized carbons (Fsp3) is 0.308. The first-order valence-electron chi connectivity index (χ1n) is 5.98. The third-order valence-electron chi connectivity index (χ3n) is 2.74. The maximum absolute atomic E-state index is 14.0. The van der Waals surface area contributed by atoms with Crippen LogP contribution in [0.5, 0.6) is 0 Å². The molecule has 0 spiro atoms. The summed E-state index contributed by atoms with van der Waals surface area (Å²) in [5.41, 5.74) is 0.761. The molecular formula is C13H15FN4O. The van der Waals surface area contributed by atoms with Crippen molar-refractivity contribution in [3.63, 3.8) is 0 Å². The molecule has 5 nitrogen and oxygen atoms in total. The lowest BCUT2D eigenvalue weighted by atomic mass is 10.1. The van der Waals surface area contributed by atoms with Crippen molar-refractivity contribution in [1.29, 1.82) is 0 Å². The summed E-state index contributed by atoms with van der Waals surface area (Å²) in [7, 11) is 0. The lowest BCUT2D eigenvalue weighted by Crippen LogP contribution is -2.37. The van der Waals surface area contributed by atoms with Gasteiger partial charge in [0, 0.05) is 19.1 Å². The maximum Gasteiger partial charge on any atom is 0.247 e. The van der Waals surface area contributed by atoms with E-state index in [0.717, 1.165) is 6.08 Å². The topological polar surface area (TPSA) is 65.8 Å². The summed E-state index contributed by atoms with van der Waals surface area (Å²) >= 11 is 0. The number of carbonyl (C=O) groups is 1. The van der Waals surface area contributed by atoms with E-state index >= 15 is 0 Å². The van der Waals surface area contributed by atoms with Crippen molar-refractivity contribution in [2.75, 3.05) is 0 Å². The Morgan fingerprint density at radius 3 is 3.05 bits per heavy atom. The van der Waals surface area contributed by atoms with Gasteiger partial charge in [0.25, 0.3) is 0 Å². The second kappa shape index (κ2) is 6.08. The van der Waals surface area contributed by atoms with E-state index in [2.05, 4.69) is 27.2 Å². The second-order valence-electron chi connectivity index (χ2n) is 4.12. The van der Waals surface area contributed by atoms with Gasteiger partial charge in [0.2, 0.25) is 5.91 Å². The molecule has 0 aromatic carbocycles. The van der Waals surface area contributed by atoms with E-state index in [-0.39, 0.29) is 18.5 Å². The molecule has 0 aromatic rings. The number of halogens is 1. The van der Waals surface area contributed by atoms with Crippen molar-refractivity contribution < 1.29 is 9.18 Å². The molecule has 0 fully saturated rings. The first kappa shape index (κ1) is 13.2. The predicted octanol–water partition coefficient (Wildman–Crippen LogP) is 1.22. The van der Waals surface area contributed by atoms with Crippen molar-refractivity contribution >= 4 is 18.5 Å². The van der Waals surface area contributed by atoms with Gasteiger partial charge >= 0.3 is 0 Å². The molecule has 2 aliphatic rings. The summed E-state index contributed by atoms with van der Waals surface area (Å²) in [6.07, 6.45) is 7.06. The zero-order chi connectivity index (χ0) is 13.7. The van der Waals surface area contributed by atoms with Crippen LogP contribution in [0.3, 0.4) is 0 Å². The van der Waals surface area contributed by atoms with Gasteiger partial charge in [-0.1, -0.05) is 12.7 Å². The summed E-state index contributed by atoms with van der Waals surface area (Å²) in [5, 5.41) is 5.59. The molecule has 0 aromatic heterocycles. The SMILES string of the molecule is C=CC(=O)NC1=C(NC2CC=NC=N2)[C@@H](F)CC=C1. The van der Waals surface area contributed by atoms with Crippen LogP contribution >= 0.6 is 0 Å². The Morgan fingerprint density at radius 1 is 1.53 bits per heavy atom. The van der Waals surface area contributed by atoms with Crippen molar-refractivity contribution in [2.45, 2.75) is 25.2 Å². The quantitative estimate of drug-likeness (QED) is 0.748. The van der Waals surface area contributed by atoms with Gasteiger partial charge in [-0.2, -0.15) is 0 Å². The Hall–Kier alpha value is -2.24. The van der Waals surface area contributed by atoms with Crippen LogP contribution in [0.15, 0.2) is 46.2 Å². The van der Waals surface area contributed by atoms with Crippen molar-refractivity contribution in [3.05, 3.63) is 36.2 Å². The Labute approximate surface area is 110 Å². The summed E-state index contributed by atoms with van der Waals surface area (Å²) in [6, 6.07) is 0. The molecule has 1 aliphatic heterocycles. The van der Waals surface area contributed by atoms with Crippen LogP contribution in [0.2, 0.25) is 0 Å². The summed E-state index contributed by atoms with van der Waals surface area (Å²) in [5.74, 6) is -0.373. The molecule has 0 radical (unpaired) electrons. The van der Waals surface area contributed by atoms with Gasteiger partial charge in [0.1, 0.15) is 18.7 Å². The van der Waals surface area contributed by atoms with Gasteiger partial charge in [0.15, 0.2) is 0 Å². The highest BCUT2D eigenvalue weighted by Crippen LogP contribution is 2.20. The molecule has 0 saturated heterocycles. The van der Waals surface area contributed by atoms with Gasteiger partial charge in [0.05, 0.1) is 11.4 Å². The fourth-order valence-corrected chi connectivity index (χ4v) is 1.81. The minimum atomic E-state index is -1.18. The minimum absolute atomic E-state index is 0.257. The van der Waals surface area contributed by atoms with Gasteiger partial charge in [-0.15, -0.1) is 0 Å². The van der Waals surface area contributed by atoms with E-state index in [0.29, 0.717) is 17.8 Å². The molecular weight excluding hydrogens is 247 g/mol. The van der Waals surface area contributed by atoms with E-state index < -0.39 is 6.17 Å². The number of aliphatic imine (C=N–C) groups is 2. The summed E-state index contributed by atoms with van der Waals surface area (Å²) in [6.45, 7) is 3.37. The number of nitrogens with zero attached hydrogens (tertiary/aromatic N) is 2. The minimum Gasteiger partial charge on any atom is -0.363 e. The second-order valence-corrected chi connectivity index (χ2v) is 4.12. The number of alkyl halides is 1. The number of hydrogen-bond acceptors (Lipinski definition) is 4. The zero-order valence-corrected chi connectivity index (χ0v) is 10.3. The molecule has 2 rings (SSSR count). The largest absolute Gasteiger partial charge is 0.363 e. The Morgan fingerprint density at radius 2 is 2.37 bits per heavy atom. The molecule has 1 aliphatic carbocycles. The van der Waals surface area contributed by atoms with Crippen LogP contribution in [0, 0.1) is 0 Å². The monoisotopic (exact) mass is 262 g/mol. The maximum atomic E-state index is 14.0. The van der Waals surface area contributed by atoms with Crippen LogP contribution < -0.4 is 10.6 Å². The fourth-order valence-electron chi connectivity index (χ4n) is 1.81. The van der Waals surface area contributed by atoms with E-state index in [1.165, 1.54) is 6.34 Å². The average Bonchev–Trinajstić information content (AvgIpc) is 2.43. The third kappa shape index (κ3) is 3.37. The Bertz CT molecular complexity index is 493. The highest BCUT2D eigenvalue weighted by Gasteiger charge is 2.22. The molecule has 19 heavy (non-hydrogen) atoms. The van der Waals surface area contributed by atoms with Crippen LogP contribution in [0.25, 0.3) is 0 Å². The normalized spacial score (nSPS) is 25.3. The molecule has 100 valence electrons. The number of nitrogens with one attached hydrogen (secondary N) is 2.